The molecule has 114 valence electrons. The van der Waals surface area contributed by atoms with Crippen molar-refractivity contribution in [2.24, 2.45) is 5.41 Å². The molecule has 1 aromatic rings. The minimum Gasteiger partial charge on any atom is -0.353 e. The van der Waals surface area contributed by atoms with Gasteiger partial charge in [0.15, 0.2) is 0 Å². The summed E-state index contributed by atoms with van der Waals surface area (Å²) in [5.41, 5.74) is 3.16. The van der Waals surface area contributed by atoms with Crippen molar-refractivity contribution in [2.45, 2.75) is 52.6 Å². The first kappa shape index (κ1) is 14.6. The van der Waals surface area contributed by atoms with Crippen molar-refractivity contribution in [3.63, 3.8) is 0 Å². The zero-order valence-corrected chi connectivity index (χ0v) is 13.5. The van der Waals surface area contributed by atoms with E-state index in [4.69, 9.17) is 0 Å². The van der Waals surface area contributed by atoms with Crippen molar-refractivity contribution >= 4 is 5.82 Å². The Morgan fingerprint density at radius 2 is 2.10 bits per heavy atom. The second-order valence-electron chi connectivity index (χ2n) is 7.36. The lowest BCUT2D eigenvalue weighted by Crippen LogP contribution is -2.31. The van der Waals surface area contributed by atoms with Gasteiger partial charge in [-0.3, -0.25) is 0 Å². The lowest BCUT2D eigenvalue weighted by molar-refractivity contribution is 0.472. The van der Waals surface area contributed by atoms with Gasteiger partial charge in [0.2, 0.25) is 0 Å². The Balaban J connectivity index is 1.58. The van der Waals surface area contributed by atoms with Crippen LogP contribution in [0.15, 0.2) is 30.0 Å². The monoisotopic (exact) mass is 285 g/mol. The zero-order valence-electron chi connectivity index (χ0n) is 13.5. The third kappa shape index (κ3) is 3.85. The average Bonchev–Trinajstić information content (AvgIpc) is 3.29. The van der Waals surface area contributed by atoms with Gasteiger partial charge < -0.3 is 10.2 Å². The molecule has 2 aliphatic rings. The van der Waals surface area contributed by atoms with Crippen LogP contribution in [0, 0.1) is 5.41 Å². The van der Waals surface area contributed by atoms with Gasteiger partial charge in [-0.05, 0) is 36.3 Å². The van der Waals surface area contributed by atoms with Crippen molar-refractivity contribution in [2.75, 3.05) is 18.0 Å². The molecule has 1 aliphatic carbocycles. The normalized spacial score (nSPS) is 19.6. The summed E-state index contributed by atoms with van der Waals surface area (Å²) in [5.74, 6) is 1.11. The van der Waals surface area contributed by atoms with Gasteiger partial charge in [0.05, 0.1) is 0 Å². The Bertz CT molecular complexity index is 506. The lowest BCUT2D eigenvalue weighted by Gasteiger charge is -2.32. The summed E-state index contributed by atoms with van der Waals surface area (Å²) in [6, 6.07) is 5.13. The van der Waals surface area contributed by atoms with E-state index in [0.29, 0.717) is 5.41 Å². The standard InChI is InChI=1S/C18H27N3/c1-18(2,3)15-8-10-21(11-9-15)17-7-4-14(13-20-17)12-19-16-5-6-16/h4,7-8,13,16,19H,5-6,9-12H2,1-3H3. The van der Waals surface area contributed by atoms with Gasteiger partial charge in [0.25, 0.3) is 0 Å². The number of hydrogen-bond acceptors (Lipinski definition) is 3. The van der Waals surface area contributed by atoms with Crippen LogP contribution in [-0.4, -0.2) is 24.1 Å². The number of nitrogens with zero attached hydrogens (tertiary/aromatic N) is 2. The van der Waals surface area contributed by atoms with Crippen LogP contribution < -0.4 is 10.2 Å². The number of hydrogen-bond donors (Lipinski definition) is 1. The molecule has 2 heterocycles. The number of pyridine rings is 1. The molecule has 0 unspecified atom stereocenters. The molecule has 0 spiro atoms. The van der Waals surface area contributed by atoms with Gasteiger partial charge in [-0.1, -0.05) is 38.5 Å². The SMILES string of the molecule is CC(C)(C)C1=CCN(c2ccc(CNC3CC3)cn2)CC1. The van der Waals surface area contributed by atoms with E-state index in [1.54, 1.807) is 5.57 Å². The number of rotatable bonds is 4. The van der Waals surface area contributed by atoms with Crippen LogP contribution in [-0.2, 0) is 6.54 Å². The summed E-state index contributed by atoms with van der Waals surface area (Å²) in [7, 11) is 0. The third-order valence-electron chi connectivity index (χ3n) is 4.48. The number of anilines is 1. The molecule has 0 radical (unpaired) electrons. The molecule has 21 heavy (non-hydrogen) atoms. The van der Waals surface area contributed by atoms with Gasteiger partial charge in [-0.25, -0.2) is 4.98 Å². The third-order valence-corrected chi connectivity index (χ3v) is 4.48. The van der Waals surface area contributed by atoms with Crippen LogP contribution in [0.5, 0.6) is 0 Å². The summed E-state index contributed by atoms with van der Waals surface area (Å²) in [6.45, 7) is 9.91. The molecular weight excluding hydrogens is 258 g/mol. The molecule has 0 atom stereocenters. The van der Waals surface area contributed by atoms with E-state index < -0.39 is 0 Å². The number of aromatic nitrogens is 1. The van der Waals surface area contributed by atoms with E-state index >= 15 is 0 Å². The Morgan fingerprint density at radius 1 is 1.29 bits per heavy atom. The van der Waals surface area contributed by atoms with Gasteiger partial charge in [-0.2, -0.15) is 0 Å². The van der Waals surface area contributed by atoms with Crippen LogP contribution in [0.4, 0.5) is 5.82 Å². The molecule has 1 fully saturated rings. The molecular formula is C18H27N3. The molecule has 0 amide bonds. The molecule has 3 nitrogen and oxygen atoms in total. The molecule has 1 saturated carbocycles. The second kappa shape index (κ2) is 5.80. The van der Waals surface area contributed by atoms with Crippen molar-refractivity contribution in [1.82, 2.24) is 10.3 Å². The summed E-state index contributed by atoms with van der Waals surface area (Å²) in [5, 5.41) is 3.53. The van der Waals surface area contributed by atoms with Crippen molar-refractivity contribution in [3.8, 4) is 0 Å². The molecule has 3 rings (SSSR count). The van der Waals surface area contributed by atoms with Crippen LogP contribution in [0.2, 0.25) is 0 Å². The highest BCUT2D eigenvalue weighted by Gasteiger charge is 2.22. The molecule has 0 bridgehead atoms. The van der Waals surface area contributed by atoms with E-state index in [9.17, 15) is 0 Å². The first-order valence-electron chi connectivity index (χ1n) is 8.15. The van der Waals surface area contributed by atoms with Crippen LogP contribution in [0.25, 0.3) is 0 Å². The maximum absolute atomic E-state index is 4.64. The summed E-state index contributed by atoms with van der Waals surface area (Å²) >= 11 is 0. The van der Waals surface area contributed by atoms with Gasteiger partial charge in [0, 0.05) is 31.9 Å². The topological polar surface area (TPSA) is 28.2 Å². The molecule has 1 aliphatic heterocycles. The second-order valence-corrected chi connectivity index (χ2v) is 7.36. The van der Waals surface area contributed by atoms with Crippen molar-refractivity contribution in [1.29, 1.82) is 0 Å². The minimum absolute atomic E-state index is 0.303. The molecule has 0 aromatic carbocycles. The smallest absolute Gasteiger partial charge is 0.128 e. The van der Waals surface area contributed by atoms with E-state index in [0.717, 1.165) is 37.9 Å². The van der Waals surface area contributed by atoms with Crippen LogP contribution in [0.1, 0.15) is 45.6 Å². The fraction of sp³-hybridized carbons (Fsp3) is 0.611. The first-order valence-corrected chi connectivity index (χ1v) is 8.15. The molecule has 3 heteroatoms. The summed E-state index contributed by atoms with van der Waals surface area (Å²) in [6.07, 6.45) is 8.22. The minimum atomic E-state index is 0.303. The van der Waals surface area contributed by atoms with E-state index in [2.05, 4.69) is 54.2 Å². The summed E-state index contributed by atoms with van der Waals surface area (Å²) in [4.78, 5) is 7.01. The highest BCUT2D eigenvalue weighted by Crippen LogP contribution is 2.31. The van der Waals surface area contributed by atoms with Gasteiger partial charge >= 0.3 is 0 Å². The zero-order chi connectivity index (χ0) is 14.9. The fourth-order valence-corrected chi connectivity index (χ4v) is 2.82. The quantitative estimate of drug-likeness (QED) is 0.858. The Hall–Kier alpha value is -1.35. The lowest BCUT2D eigenvalue weighted by atomic mass is 9.83. The predicted octanol–water partition coefficient (Wildman–Crippen LogP) is 3.52. The highest BCUT2D eigenvalue weighted by molar-refractivity contribution is 5.42. The maximum Gasteiger partial charge on any atom is 0.128 e. The highest BCUT2D eigenvalue weighted by atomic mass is 15.2. The first-order chi connectivity index (χ1) is 10.0. The molecule has 1 N–H and O–H groups in total. The Morgan fingerprint density at radius 3 is 2.62 bits per heavy atom. The van der Waals surface area contributed by atoms with Crippen molar-refractivity contribution < 1.29 is 0 Å². The van der Waals surface area contributed by atoms with E-state index in [-0.39, 0.29) is 0 Å². The molecule has 0 saturated heterocycles. The van der Waals surface area contributed by atoms with Crippen LogP contribution in [0.3, 0.4) is 0 Å². The van der Waals surface area contributed by atoms with E-state index in [1.807, 2.05) is 6.20 Å². The maximum atomic E-state index is 4.64. The largest absolute Gasteiger partial charge is 0.353 e. The van der Waals surface area contributed by atoms with Gasteiger partial charge in [0.1, 0.15) is 5.82 Å². The Labute approximate surface area is 128 Å². The average molecular weight is 285 g/mol. The Kier molecular flexibility index (Phi) is 4.03. The van der Waals surface area contributed by atoms with Crippen LogP contribution >= 0.6 is 0 Å². The summed E-state index contributed by atoms with van der Waals surface area (Å²) < 4.78 is 0. The number of nitrogens with one attached hydrogen (secondary N) is 1. The van der Waals surface area contributed by atoms with Crippen molar-refractivity contribution in [3.05, 3.63) is 35.5 Å². The van der Waals surface area contributed by atoms with E-state index in [1.165, 1.54) is 18.4 Å². The fourth-order valence-electron chi connectivity index (χ4n) is 2.82. The molecule has 1 aromatic heterocycles. The van der Waals surface area contributed by atoms with Gasteiger partial charge in [-0.15, -0.1) is 0 Å². The predicted molar refractivity (Wildman–Crippen MR) is 88.5 cm³/mol.